The lowest BCUT2D eigenvalue weighted by atomic mass is 10.1. The number of amides is 1. The zero-order valence-electron chi connectivity index (χ0n) is 10.6. The first kappa shape index (κ1) is 12.5. The summed E-state index contributed by atoms with van der Waals surface area (Å²) in [7, 11) is 1.84. The van der Waals surface area contributed by atoms with Gasteiger partial charge in [-0.2, -0.15) is 0 Å². The topological polar surface area (TPSA) is 45.2 Å². The van der Waals surface area contributed by atoms with E-state index in [1.807, 2.05) is 11.9 Å². The zero-order chi connectivity index (χ0) is 12.4. The van der Waals surface area contributed by atoms with Gasteiger partial charge >= 0.3 is 0 Å². The highest BCUT2D eigenvalue weighted by atomic mass is 32.1. The molecular weight excluding hydrogens is 234 g/mol. The Morgan fingerprint density at radius 3 is 2.94 bits per heavy atom. The van der Waals surface area contributed by atoms with Crippen molar-refractivity contribution in [2.75, 3.05) is 18.5 Å². The minimum absolute atomic E-state index is 0.0435. The maximum absolute atomic E-state index is 12.2. The van der Waals surface area contributed by atoms with Gasteiger partial charge in [0.25, 0.3) is 0 Å². The first-order valence-corrected chi connectivity index (χ1v) is 6.94. The number of hydrogen-bond acceptors (Lipinski definition) is 4. The second-order valence-corrected chi connectivity index (χ2v) is 5.51. The van der Waals surface area contributed by atoms with Crippen LogP contribution >= 0.6 is 11.3 Å². The molecule has 0 radical (unpaired) electrons. The number of aromatic nitrogens is 1. The van der Waals surface area contributed by atoms with Crippen molar-refractivity contribution < 1.29 is 4.79 Å². The molecular formula is C12H19N3OS. The van der Waals surface area contributed by atoms with E-state index in [0.29, 0.717) is 0 Å². The van der Waals surface area contributed by atoms with Gasteiger partial charge in [0, 0.05) is 11.4 Å². The van der Waals surface area contributed by atoms with E-state index >= 15 is 0 Å². The van der Waals surface area contributed by atoms with Crippen molar-refractivity contribution in [3.8, 4) is 0 Å². The molecule has 1 amide bonds. The monoisotopic (exact) mass is 253 g/mol. The van der Waals surface area contributed by atoms with Crippen molar-refractivity contribution in [1.29, 1.82) is 0 Å². The largest absolute Gasteiger partial charge is 0.309 e. The van der Waals surface area contributed by atoms with Crippen molar-refractivity contribution in [1.82, 2.24) is 10.3 Å². The van der Waals surface area contributed by atoms with E-state index in [0.717, 1.165) is 36.6 Å². The average Bonchev–Trinajstić information content (AvgIpc) is 2.70. The number of thiazole rings is 1. The van der Waals surface area contributed by atoms with E-state index < -0.39 is 0 Å². The van der Waals surface area contributed by atoms with E-state index in [1.165, 1.54) is 4.88 Å². The summed E-state index contributed by atoms with van der Waals surface area (Å²) in [4.78, 5) is 19.8. The summed E-state index contributed by atoms with van der Waals surface area (Å²) in [5, 5.41) is 3.94. The molecule has 2 heterocycles. The van der Waals surface area contributed by atoms with Crippen LogP contribution in [0.15, 0.2) is 0 Å². The Labute approximate surface area is 106 Å². The SMILES string of the molecule is CCc1nc(N2CCCC(NC)C2=O)sc1C. The van der Waals surface area contributed by atoms with E-state index in [-0.39, 0.29) is 11.9 Å². The van der Waals surface area contributed by atoms with Crippen LogP contribution in [0.4, 0.5) is 5.13 Å². The molecule has 1 N–H and O–H groups in total. The molecule has 1 fully saturated rings. The highest BCUT2D eigenvalue weighted by molar-refractivity contribution is 7.15. The first-order chi connectivity index (χ1) is 8.17. The molecule has 94 valence electrons. The van der Waals surface area contributed by atoms with Gasteiger partial charge in [-0.1, -0.05) is 6.92 Å². The molecule has 5 heteroatoms. The first-order valence-electron chi connectivity index (χ1n) is 6.12. The lowest BCUT2D eigenvalue weighted by Gasteiger charge is -2.30. The Hall–Kier alpha value is -0.940. The molecule has 1 atom stereocenters. The highest BCUT2D eigenvalue weighted by Gasteiger charge is 2.30. The highest BCUT2D eigenvalue weighted by Crippen LogP contribution is 2.28. The molecule has 1 aliphatic rings. The van der Waals surface area contributed by atoms with Crippen molar-refractivity contribution in [3.63, 3.8) is 0 Å². The third-order valence-electron chi connectivity index (χ3n) is 3.23. The molecule has 17 heavy (non-hydrogen) atoms. The van der Waals surface area contributed by atoms with Crippen molar-refractivity contribution in [2.45, 2.75) is 39.2 Å². The Morgan fingerprint density at radius 1 is 1.59 bits per heavy atom. The quantitative estimate of drug-likeness (QED) is 0.892. The molecule has 1 aromatic heterocycles. The molecule has 2 rings (SSSR count). The molecule has 0 bridgehead atoms. The fourth-order valence-electron chi connectivity index (χ4n) is 2.19. The van der Waals surface area contributed by atoms with Crippen molar-refractivity contribution in [3.05, 3.63) is 10.6 Å². The predicted octanol–water partition coefficient (Wildman–Crippen LogP) is 1.73. The van der Waals surface area contributed by atoms with Crippen LogP contribution in [-0.2, 0) is 11.2 Å². The molecule has 4 nitrogen and oxygen atoms in total. The molecule has 0 aromatic carbocycles. The van der Waals surface area contributed by atoms with E-state index in [4.69, 9.17) is 0 Å². The van der Waals surface area contributed by atoms with Crippen LogP contribution in [0.1, 0.15) is 30.3 Å². The number of nitrogens with one attached hydrogen (secondary N) is 1. The Bertz CT molecular complexity index is 416. The number of anilines is 1. The second kappa shape index (κ2) is 5.14. The number of carbonyl (C=O) groups excluding carboxylic acids is 1. The summed E-state index contributed by atoms with van der Waals surface area (Å²) in [6, 6.07) is -0.0435. The standard InChI is InChI=1S/C12H19N3OS/c1-4-9-8(2)17-12(14-9)15-7-5-6-10(13-3)11(15)16/h10,13H,4-7H2,1-3H3. The number of hydrogen-bond donors (Lipinski definition) is 1. The fraction of sp³-hybridized carbons (Fsp3) is 0.667. The van der Waals surface area contributed by atoms with Gasteiger partial charge < -0.3 is 5.32 Å². The molecule has 1 saturated heterocycles. The Balaban J connectivity index is 2.23. The third-order valence-corrected chi connectivity index (χ3v) is 4.27. The lowest BCUT2D eigenvalue weighted by molar-refractivity contribution is -0.121. The minimum Gasteiger partial charge on any atom is -0.309 e. The number of likely N-dealkylation sites (N-methyl/N-ethyl adjacent to an activating group) is 1. The number of piperidine rings is 1. The fourth-order valence-corrected chi connectivity index (χ4v) is 3.22. The molecule has 1 unspecified atom stereocenters. The Morgan fingerprint density at radius 2 is 2.35 bits per heavy atom. The normalized spacial score (nSPS) is 21.0. The zero-order valence-corrected chi connectivity index (χ0v) is 11.4. The van der Waals surface area contributed by atoms with Gasteiger partial charge in [0.15, 0.2) is 5.13 Å². The maximum Gasteiger partial charge on any atom is 0.245 e. The van der Waals surface area contributed by atoms with Gasteiger partial charge in [-0.05, 0) is 33.2 Å². The number of carbonyl (C=O) groups is 1. The van der Waals surface area contributed by atoms with Gasteiger partial charge in [0.1, 0.15) is 0 Å². The van der Waals surface area contributed by atoms with Crippen LogP contribution in [-0.4, -0.2) is 30.5 Å². The van der Waals surface area contributed by atoms with Crippen LogP contribution in [0.5, 0.6) is 0 Å². The van der Waals surface area contributed by atoms with Crippen molar-refractivity contribution >= 4 is 22.4 Å². The third kappa shape index (κ3) is 2.35. The molecule has 1 aliphatic heterocycles. The summed E-state index contributed by atoms with van der Waals surface area (Å²) in [5.41, 5.74) is 1.12. The van der Waals surface area contributed by atoms with E-state index in [2.05, 4.69) is 24.1 Å². The van der Waals surface area contributed by atoms with Crippen LogP contribution in [0.25, 0.3) is 0 Å². The Kier molecular flexibility index (Phi) is 3.79. The van der Waals surface area contributed by atoms with Crippen LogP contribution in [0, 0.1) is 6.92 Å². The summed E-state index contributed by atoms with van der Waals surface area (Å²) < 4.78 is 0. The summed E-state index contributed by atoms with van der Waals surface area (Å²) in [5.74, 6) is 0.162. The second-order valence-electron chi connectivity index (χ2n) is 4.33. The lowest BCUT2D eigenvalue weighted by Crippen LogP contribution is -2.49. The van der Waals surface area contributed by atoms with Crippen molar-refractivity contribution in [2.24, 2.45) is 0 Å². The smallest absolute Gasteiger partial charge is 0.245 e. The molecule has 1 aromatic rings. The van der Waals surface area contributed by atoms with Gasteiger partial charge in [-0.25, -0.2) is 4.98 Å². The van der Waals surface area contributed by atoms with Gasteiger partial charge in [-0.3, -0.25) is 9.69 Å². The number of aryl methyl sites for hydroxylation is 2. The van der Waals surface area contributed by atoms with Crippen LogP contribution in [0.2, 0.25) is 0 Å². The van der Waals surface area contributed by atoms with E-state index in [9.17, 15) is 4.79 Å². The van der Waals surface area contributed by atoms with Gasteiger partial charge in [0.2, 0.25) is 5.91 Å². The molecule has 0 saturated carbocycles. The maximum atomic E-state index is 12.2. The van der Waals surface area contributed by atoms with Crippen LogP contribution in [0.3, 0.4) is 0 Å². The molecule has 0 aliphatic carbocycles. The number of nitrogens with zero attached hydrogens (tertiary/aromatic N) is 2. The van der Waals surface area contributed by atoms with E-state index in [1.54, 1.807) is 11.3 Å². The van der Waals surface area contributed by atoms with Gasteiger partial charge in [0.05, 0.1) is 11.7 Å². The minimum atomic E-state index is -0.0435. The summed E-state index contributed by atoms with van der Waals surface area (Å²) in [6.07, 6.45) is 2.90. The predicted molar refractivity (Wildman–Crippen MR) is 70.7 cm³/mol. The van der Waals surface area contributed by atoms with Crippen LogP contribution < -0.4 is 10.2 Å². The van der Waals surface area contributed by atoms with Gasteiger partial charge in [-0.15, -0.1) is 11.3 Å². The summed E-state index contributed by atoms with van der Waals surface area (Å²) in [6.45, 7) is 4.97. The average molecular weight is 253 g/mol. The summed E-state index contributed by atoms with van der Waals surface area (Å²) >= 11 is 1.63. The number of rotatable bonds is 3. The molecule has 0 spiro atoms.